The SMILES string of the molecule is CCCCNC(=O)C(C)N(Cc1ccc(F)cc1)C(=O)CN(c1ccccc1C(C)C)S(C)(=O)=O. The number of para-hydroxylation sites is 1. The van der Waals surface area contributed by atoms with E-state index >= 15 is 0 Å². The Hall–Kier alpha value is -2.94. The monoisotopic (exact) mass is 505 g/mol. The van der Waals surface area contributed by atoms with E-state index in [9.17, 15) is 22.4 Å². The molecule has 0 aliphatic rings. The van der Waals surface area contributed by atoms with E-state index in [0.29, 0.717) is 17.8 Å². The highest BCUT2D eigenvalue weighted by atomic mass is 32.2. The zero-order valence-electron chi connectivity index (χ0n) is 21.1. The first-order valence-electron chi connectivity index (χ1n) is 11.8. The van der Waals surface area contributed by atoms with Gasteiger partial charge in [0.25, 0.3) is 0 Å². The molecule has 1 unspecified atom stereocenters. The molecule has 0 heterocycles. The molecule has 2 rings (SSSR count). The number of nitrogens with one attached hydrogen (secondary N) is 1. The van der Waals surface area contributed by atoms with Gasteiger partial charge in [0.2, 0.25) is 21.8 Å². The molecule has 0 aliphatic heterocycles. The first-order valence-corrected chi connectivity index (χ1v) is 13.7. The Morgan fingerprint density at radius 3 is 2.23 bits per heavy atom. The second-order valence-corrected chi connectivity index (χ2v) is 10.9. The van der Waals surface area contributed by atoms with Crippen molar-refractivity contribution in [2.24, 2.45) is 0 Å². The van der Waals surface area contributed by atoms with Crippen molar-refractivity contribution in [3.05, 3.63) is 65.5 Å². The normalized spacial score (nSPS) is 12.3. The second kappa shape index (κ2) is 12.7. The molecule has 2 amide bonds. The third-order valence-electron chi connectivity index (χ3n) is 5.77. The maximum atomic E-state index is 13.6. The molecule has 0 spiro atoms. The number of halogens is 1. The summed E-state index contributed by atoms with van der Waals surface area (Å²) in [6.45, 7) is 7.57. The minimum atomic E-state index is -3.81. The Morgan fingerprint density at radius 1 is 1.03 bits per heavy atom. The van der Waals surface area contributed by atoms with E-state index in [-0.39, 0.29) is 18.4 Å². The first kappa shape index (κ1) is 28.3. The molecule has 35 heavy (non-hydrogen) atoms. The van der Waals surface area contributed by atoms with Gasteiger partial charge >= 0.3 is 0 Å². The van der Waals surface area contributed by atoms with Gasteiger partial charge in [0.15, 0.2) is 0 Å². The van der Waals surface area contributed by atoms with Gasteiger partial charge < -0.3 is 10.2 Å². The molecule has 0 fully saturated rings. The van der Waals surface area contributed by atoms with Crippen LogP contribution in [0.25, 0.3) is 0 Å². The van der Waals surface area contributed by atoms with Gasteiger partial charge in [-0.1, -0.05) is 57.5 Å². The summed E-state index contributed by atoms with van der Waals surface area (Å²) in [4.78, 5) is 27.7. The predicted molar refractivity (Wildman–Crippen MR) is 137 cm³/mol. The summed E-state index contributed by atoms with van der Waals surface area (Å²) in [6, 6.07) is 11.9. The zero-order valence-corrected chi connectivity index (χ0v) is 21.9. The molecule has 9 heteroatoms. The Bertz CT molecular complexity index is 1100. The average Bonchev–Trinajstić information content (AvgIpc) is 2.80. The molecule has 2 aromatic rings. The smallest absolute Gasteiger partial charge is 0.244 e. The highest BCUT2D eigenvalue weighted by Gasteiger charge is 2.31. The fourth-order valence-electron chi connectivity index (χ4n) is 3.70. The number of carbonyl (C=O) groups is 2. The van der Waals surface area contributed by atoms with Crippen LogP contribution in [0.15, 0.2) is 48.5 Å². The van der Waals surface area contributed by atoms with Crippen LogP contribution in [0.1, 0.15) is 57.6 Å². The van der Waals surface area contributed by atoms with Crippen molar-refractivity contribution in [3.63, 3.8) is 0 Å². The lowest BCUT2D eigenvalue weighted by Gasteiger charge is -2.32. The van der Waals surface area contributed by atoms with E-state index in [1.165, 1.54) is 17.0 Å². The summed E-state index contributed by atoms with van der Waals surface area (Å²) in [5, 5.41) is 2.83. The average molecular weight is 506 g/mol. The van der Waals surface area contributed by atoms with Crippen LogP contribution in [0.3, 0.4) is 0 Å². The summed E-state index contributed by atoms with van der Waals surface area (Å²) in [7, 11) is -3.81. The van der Waals surface area contributed by atoms with Gasteiger partial charge in [-0.3, -0.25) is 13.9 Å². The number of amides is 2. The topological polar surface area (TPSA) is 86.8 Å². The molecule has 0 aromatic heterocycles. The fourth-order valence-corrected chi connectivity index (χ4v) is 4.57. The number of nitrogens with zero attached hydrogens (tertiary/aromatic N) is 2. The maximum Gasteiger partial charge on any atom is 0.244 e. The number of rotatable bonds is 12. The Kier molecular flexibility index (Phi) is 10.2. The van der Waals surface area contributed by atoms with Gasteiger partial charge in [-0.15, -0.1) is 0 Å². The largest absolute Gasteiger partial charge is 0.354 e. The van der Waals surface area contributed by atoms with Crippen molar-refractivity contribution < 1.29 is 22.4 Å². The Balaban J connectivity index is 2.40. The van der Waals surface area contributed by atoms with Crippen LogP contribution in [0.5, 0.6) is 0 Å². The fraction of sp³-hybridized carbons (Fsp3) is 0.462. The van der Waals surface area contributed by atoms with Crippen LogP contribution in [-0.4, -0.2) is 50.5 Å². The molecule has 1 N–H and O–H groups in total. The summed E-state index contributed by atoms with van der Waals surface area (Å²) in [5.41, 5.74) is 1.85. The number of hydrogen-bond acceptors (Lipinski definition) is 4. The van der Waals surface area contributed by atoms with Crippen molar-refractivity contribution in [1.82, 2.24) is 10.2 Å². The number of unbranched alkanes of at least 4 members (excludes halogenated alkanes) is 1. The maximum absolute atomic E-state index is 13.6. The molecule has 2 aromatic carbocycles. The van der Waals surface area contributed by atoms with Crippen LogP contribution >= 0.6 is 0 Å². The minimum absolute atomic E-state index is 0.0316. The van der Waals surface area contributed by atoms with E-state index in [0.717, 1.165) is 29.0 Å². The van der Waals surface area contributed by atoms with Gasteiger partial charge in [-0.2, -0.15) is 0 Å². The van der Waals surface area contributed by atoms with Crippen molar-refractivity contribution in [2.45, 2.75) is 59.0 Å². The van der Waals surface area contributed by atoms with E-state index in [2.05, 4.69) is 5.32 Å². The summed E-state index contributed by atoms with van der Waals surface area (Å²) in [6.07, 6.45) is 2.77. The van der Waals surface area contributed by atoms with Gasteiger partial charge in [0, 0.05) is 13.1 Å². The van der Waals surface area contributed by atoms with Crippen molar-refractivity contribution in [1.29, 1.82) is 0 Å². The number of anilines is 1. The molecule has 0 saturated heterocycles. The van der Waals surface area contributed by atoms with Crippen molar-refractivity contribution in [2.75, 3.05) is 23.7 Å². The predicted octanol–water partition coefficient (Wildman–Crippen LogP) is 4.05. The molecule has 0 bridgehead atoms. The van der Waals surface area contributed by atoms with Crippen LogP contribution in [-0.2, 0) is 26.2 Å². The van der Waals surface area contributed by atoms with Crippen LogP contribution < -0.4 is 9.62 Å². The summed E-state index contributed by atoms with van der Waals surface area (Å²) in [5.74, 6) is -1.24. The van der Waals surface area contributed by atoms with Gasteiger partial charge in [0.1, 0.15) is 18.4 Å². The lowest BCUT2D eigenvalue weighted by molar-refractivity contribution is -0.139. The molecular weight excluding hydrogens is 469 g/mol. The number of carbonyl (C=O) groups excluding carboxylic acids is 2. The third kappa shape index (κ3) is 8.06. The molecule has 0 saturated carbocycles. The lowest BCUT2D eigenvalue weighted by atomic mass is 10.0. The van der Waals surface area contributed by atoms with Crippen LogP contribution in [0.4, 0.5) is 10.1 Å². The van der Waals surface area contributed by atoms with E-state index in [1.807, 2.05) is 32.9 Å². The van der Waals surface area contributed by atoms with E-state index in [4.69, 9.17) is 0 Å². The zero-order chi connectivity index (χ0) is 26.2. The van der Waals surface area contributed by atoms with Crippen molar-refractivity contribution >= 4 is 27.5 Å². The molecule has 7 nitrogen and oxygen atoms in total. The summed E-state index contributed by atoms with van der Waals surface area (Å²) >= 11 is 0. The third-order valence-corrected chi connectivity index (χ3v) is 6.90. The summed E-state index contributed by atoms with van der Waals surface area (Å²) < 4.78 is 40.1. The van der Waals surface area contributed by atoms with Gasteiger partial charge in [0.05, 0.1) is 11.9 Å². The molecule has 1 atom stereocenters. The molecule has 0 aliphatic carbocycles. The quantitative estimate of drug-likeness (QED) is 0.441. The molecule has 0 radical (unpaired) electrons. The van der Waals surface area contributed by atoms with Crippen LogP contribution in [0, 0.1) is 5.82 Å². The van der Waals surface area contributed by atoms with E-state index < -0.39 is 34.3 Å². The highest BCUT2D eigenvalue weighted by molar-refractivity contribution is 7.92. The van der Waals surface area contributed by atoms with Gasteiger partial charge in [-0.25, -0.2) is 12.8 Å². The van der Waals surface area contributed by atoms with Crippen molar-refractivity contribution in [3.8, 4) is 0 Å². The Morgan fingerprint density at radius 2 is 1.66 bits per heavy atom. The second-order valence-electron chi connectivity index (χ2n) is 8.95. The van der Waals surface area contributed by atoms with E-state index in [1.54, 1.807) is 31.2 Å². The lowest BCUT2D eigenvalue weighted by Crippen LogP contribution is -2.51. The standard InChI is InChI=1S/C26H36FN3O4S/c1-6-7-16-28-26(32)20(4)29(17-21-12-14-22(27)15-13-21)25(31)18-30(35(5,33)34)24-11-9-8-10-23(24)19(2)3/h8-15,19-20H,6-7,16-18H2,1-5H3,(H,28,32). The Labute approximate surface area is 208 Å². The highest BCUT2D eigenvalue weighted by Crippen LogP contribution is 2.29. The molecular formula is C26H36FN3O4S. The minimum Gasteiger partial charge on any atom is -0.354 e. The number of hydrogen-bond donors (Lipinski definition) is 1. The number of benzene rings is 2. The molecule has 192 valence electrons. The van der Waals surface area contributed by atoms with Gasteiger partial charge in [-0.05, 0) is 48.6 Å². The first-order chi connectivity index (χ1) is 16.5. The van der Waals surface area contributed by atoms with Crippen LogP contribution in [0.2, 0.25) is 0 Å². The number of sulfonamides is 1.